The molecule has 0 aliphatic rings. The van der Waals surface area contributed by atoms with E-state index in [1.165, 1.54) is 173 Å². The maximum Gasteiger partial charge on any atom is 0.222 e. The summed E-state index contributed by atoms with van der Waals surface area (Å²) in [6.45, 7) is 4.20. The normalized spacial score (nSPS) is 13.8. The first-order chi connectivity index (χ1) is 26.5. The first-order valence-electron chi connectivity index (χ1n) is 23.8. The largest absolute Gasteiger partial charge is 0.394 e. The second-order valence-corrected chi connectivity index (χ2v) is 16.4. The summed E-state index contributed by atoms with van der Waals surface area (Å²) >= 11 is 0. The van der Waals surface area contributed by atoms with Crippen molar-refractivity contribution >= 4 is 5.91 Å². The Kier molecular flexibility index (Phi) is 43.1. The number of allylic oxidation sites excluding steroid dienone is 5. The summed E-state index contributed by atoms with van der Waals surface area (Å²) in [5.74, 6) is -0.333. The molecule has 318 valence electrons. The Morgan fingerprint density at radius 1 is 0.463 bits per heavy atom. The van der Waals surface area contributed by atoms with Crippen LogP contribution in [0, 0.1) is 0 Å². The summed E-state index contributed by atoms with van der Waals surface area (Å²) in [7, 11) is 0. The molecular weight excluding hydrogens is 667 g/mol. The Balaban J connectivity index is 3.66. The van der Waals surface area contributed by atoms with Crippen LogP contribution in [0.25, 0.3) is 0 Å². The number of hydrogen-bond acceptors (Lipinski definition) is 4. The zero-order chi connectivity index (χ0) is 39.4. The van der Waals surface area contributed by atoms with Crippen molar-refractivity contribution in [2.45, 2.75) is 263 Å². The zero-order valence-electron chi connectivity index (χ0n) is 36.1. The van der Waals surface area contributed by atoms with Crippen LogP contribution in [0.5, 0.6) is 0 Å². The average molecular weight is 760 g/mol. The highest BCUT2D eigenvalue weighted by Gasteiger charge is 2.20. The van der Waals surface area contributed by atoms with Gasteiger partial charge in [-0.1, -0.05) is 217 Å². The van der Waals surface area contributed by atoms with Crippen molar-refractivity contribution in [2.75, 3.05) is 6.61 Å². The van der Waals surface area contributed by atoms with Crippen molar-refractivity contribution in [3.63, 3.8) is 0 Å². The van der Waals surface area contributed by atoms with Gasteiger partial charge in [-0.05, 0) is 57.8 Å². The predicted molar refractivity (Wildman–Crippen MR) is 236 cm³/mol. The molecular formula is C49H93NO4. The van der Waals surface area contributed by atoms with Crippen molar-refractivity contribution < 1.29 is 20.1 Å². The molecule has 0 saturated carbocycles. The van der Waals surface area contributed by atoms with Gasteiger partial charge >= 0.3 is 0 Å². The summed E-state index contributed by atoms with van der Waals surface area (Å²) in [4.78, 5) is 12.4. The molecule has 0 aromatic rings. The predicted octanol–water partition coefficient (Wildman–Crippen LogP) is 13.9. The number of carbonyl (C=O) groups excluding carboxylic acids is 1. The standard InChI is InChI=1S/C49H93NO4/c1-3-5-7-9-11-13-15-17-19-20-21-22-23-24-25-26-27-28-29-31-33-35-37-39-41-43-48(53)47(45-51)50-49(54)44-46(52)42-40-38-36-34-32-30-18-16-14-12-10-8-6-4-2/h30,32-33,35,41,43,46-48,51-53H,3-29,31,34,36-40,42,44-45H2,1-2H3,(H,50,54)/b32-30-,35-33+,43-41+. The van der Waals surface area contributed by atoms with E-state index in [1.54, 1.807) is 6.08 Å². The third kappa shape index (κ3) is 40.2. The molecule has 0 aromatic carbocycles. The van der Waals surface area contributed by atoms with Gasteiger partial charge in [0.2, 0.25) is 5.91 Å². The van der Waals surface area contributed by atoms with Gasteiger partial charge in [-0.25, -0.2) is 0 Å². The van der Waals surface area contributed by atoms with Crippen molar-refractivity contribution in [1.82, 2.24) is 5.32 Å². The van der Waals surface area contributed by atoms with Crippen LogP contribution in [0.1, 0.15) is 245 Å². The van der Waals surface area contributed by atoms with Crippen molar-refractivity contribution in [2.24, 2.45) is 0 Å². The molecule has 0 aliphatic heterocycles. The first kappa shape index (κ1) is 52.6. The topological polar surface area (TPSA) is 89.8 Å². The number of hydrogen-bond donors (Lipinski definition) is 4. The Hall–Kier alpha value is -1.43. The fourth-order valence-electron chi connectivity index (χ4n) is 7.23. The third-order valence-corrected chi connectivity index (χ3v) is 10.9. The average Bonchev–Trinajstić information content (AvgIpc) is 3.16. The molecule has 3 unspecified atom stereocenters. The summed E-state index contributed by atoms with van der Waals surface area (Å²) in [6, 6.07) is -0.765. The van der Waals surface area contributed by atoms with Crippen molar-refractivity contribution in [3.8, 4) is 0 Å². The fraction of sp³-hybridized carbons (Fsp3) is 0.857. The Bertz CT molecular complexity index is 840. The van der Waals surface area contributed by atoms with Crippen molar-refractivity contribution in [3.05, 3.63) is 36.5 Å². The summed E-state index contributed by atoms with van der Waals surface area (Å²) in [5, 5.41) is 33.2. The molecule has 0 spiro atoms. The molecule has 0 saturated heterocycles. The lowest BCUT2D eigenvalue weighted by atomic mass is 10.0. The lowest BCUT2D eigenvalue weighted by Gasteiger charge is -2.20. The van der Waals surface area contributed by atoms with Crippen LogP contribution in [0.4, 0.5) is 0 Å². The van der Waals surface area contributed by atoms with Crippen LogP contribution < -0.4 is 5.32 Å². The lowest BCUT2D eigenvalue weighted by molar-refractivity contribution is -0.124. The maximum absolute atomic E-state index is 12.4. The van der Waals surface area contributed by atoms with Crippen LogP contribution in [0.15, 0.2) is 36.5 Å². The van der Waals surface area contributed by atoms with E-state index in [1.807, 2.05) is 6.08 Å². The van der Waals surface area contributed by atoms with E-state index in [0.29, 0.717) is 6.42 Å². The number of rotatable bonds is 43. The monoisotopic (exact) mass is 760 g/mol. The minimum atomic E-state index is -0.955. The fourth-order valence-corrected chi connectivity index (χ4v) is 7.23. The van der Waals surface area contributed by atoms with Gasteiger partial charge in [0.05, 0.1) is 31.3 Å². The van der Waals surface area contributed by atoms with Gasteiger partial charge in [-0.2, -0.15) is 0 Å². The molecule has 1 amide bonds. The Morgan fingerprint density at radius 2 is 0.796 bits per heavy atom. The summed E-state index contributed by atoms with van der Waals surface area (Å²) in [6.07, 6.45) is 55.9. The number of aliphatic hydroxyl groups is 3. The molecule has 0 radical (unpaired) electrons. The number of carbonyl (C=O) groups is 1. The molecule has 0 aliphatic carbocycles. The molecule has 0 heterocycles. The quantitative estimate of drug-likeness (QED) is 0.0368. The van der Waals surface area contributed by atoms with Crippen LogP contribution in [-0.4, -0.2) is 46.1 Å². The van der Waals surface area contributed by atoms with Crippen LogP contribution in [0.3, 0.4) is 0 Å². The zero-order valence-corrected chi connectivity index (χ0v) is 36.1. The second kappa shape index (κ2) is 44.3. The van der Waals surface area contributed by atoms with E-state index in [9.17, 15) is 20.1 Å². The van der Waals surface area contributed by atoms with Gasteiger partial charge in [-0.3, -0.25) is 4.79 Å². The summed E-state index contributed by atoms with van der Waals surface area (Å²) < 4.78 is 0. The van der Waals surface area contributed by atoms with E-state index in [-0.39, 0.29) is 18.9 Å². The Labute approximate surface area is 336 Å². The van der Waals surface area contributed by atoms with Gasteiger partial charge in [0.1, 0.15) is 0 Å². The molecule has 5 nitrogen and oxygen atoms in total. The number of unbranched alkanes of at least 4 members (excludes halogenated alkanes) is 30. The van der Waals surface area contributed by atoms with Gasteiger partial charge in [0.25, 0.3) is 0 Å². The second-order valence-electron chi connectivity index (χ2n) is 16.4. The molecule has 0 rings (SSSR count). The SMILES string of the molecule is CCCCCCCCC/C=C\CCCCCC(O)CC(=O)NC(CO)C(O)/C=C/CC/C=C/CCCCCCCCCCCCCCCCCCCCC. The van der Waals surface area contributed by atoms with Gasteiger partial charge in [0.15, 0.2) is 0 Å². The lowest BCUT2D eigenvalue weighted by Crippen LogP contribution is -2.45. The molecule has 0 bridgehead atoms. The van der Waals surface area contributed by atoms with E-state index in [0.717, 1.165) is 44.9 Å². The number of nitrogens with one attached hydrogen (secondary N) is 1. The van der Waals surface area contributed by atoms with Gasteiger partial charge < -0.3 is 20.6 Å². The first-order valence-corrected chi connectivity index (χ1v) is 23.8. The molecule has 3 atom stereocenters. The van der Waals surface area contributed by atoms with E-state index >= 15 is 0 Å². The highest BCUT2D eigenvalue weighted by molar-refractivity contribution is 5.76. The van der Waals surface area contributed by atoms with E-state index in [2.05, 4.69) is 43.5 Å². The van der Waals surface area contributed by atoms with Crippen molar-refractivity contribution in [1.29, 1.82) is 0 Å². The smallest absolute Gasteiger partial charge is 0.222 e. The van der Waals surface area contributed by atoms with E-state index < -0.39 is 18.2 Å². The Morgan fingerprint density at radius 3 is 1.19 bits per heavy atom. The van der Waals surface area contributed by atoms with Crippen LogP contribution >= 0.6 is 0 Å². The van der Waals surface area contributed by atoms with E-state index in [4.69, 9.17) is 0 Å². The minimum Gasteiger partial charge on any atom is -0.394 e. The molecule has 5 heteroatoms. The molecule has 0 fully saturated rings. The molecule has 54 heavy (non-hydrogen) atoms. The van der Waals surface area contributed by atoms with Crippen LogP contribution in [0.2, 0.25) is 0 Å². The highest BCUT2D eigenvalue weighted by Crippen LogP contribution is 2.16. The summed E-state index contributed by atoms with van der Waals surface area (Å²) in [5.41, 5.74) is 0. The number of aliphatic hydroxyl groups excluding tert-OH is 3. The minimum absolute atomic E-state index is 0.00438. The van der Waals surface area contributed by atoms with Gasteiger partial charge in [-0.15, -0.1) is 0 Å². The molecule has 4 N–H and O–H groups in total. The third-order valence-electron chi connectivity index (χ3n) is 10.9. The van der Waals surface area contributed by atoms with Crippen LogP contribution in [-0.2, 0) is 4.79 Å². The highest BCUT2D eigenvalue weighted by atomic mass is 16.3. The maximum atomic E-state index is 12.4. The number of amides is 1. The molecule has 0 aromatic heterocycles. The van der Waals surface area contributed by atoms with Gasteiger partial charge in [0, 0.05) is 0 Å².